The second kappa shape index (κ2) is 7.09. The lowest BCUT2D eigenvalue weighted by molar-refractivity contribution is 0.0401. The first-order valence-corrected chi connectivity index (χ1v) is 9.63. The predicted octanol–water partition coefficient (Wildman–Crippen LogP) is 3.45. The topological polar surface area (TPSA) is 84.1 Å². The number of amides is 1. The minimum atomic E-state index is -1.12. The summed E-state index contributed by atoms with van der Waals surface area (Å²) in [6.07, 6.45) is 3.30. The van der Waals surface area contributed by atoms with E-state index in [0.29, 0.717) is 29.0 Å². The predicted molar refractivity (Wildman–Crippen MR) is 110 cm³/mol. The number of aromatic amines is 1. The number of nitrogens with one attached hydrogen (secondary N) is 2. The molecule has 1 aromatic carbocycles. The van der Waals surface area contributed by atoms with E-state index in [1.54, 1.807) is 37.4 Å². The Kier molecular flexibility index (Phi) is 4.68. The van der Waals surface area contributed by atoms with Crippen LogP contribution in [0.1, 0.15) is 47.4 Å². The molecule has 2 aromatic heterocycles. The molecule has 0 saturated heterocycles. The summed E-state index contributed by atoms with van der Waals surface area (Å²) in [6, 6.07) is 11.2. The number of fused-ring (bicyclic) bond motifs is 1. The second-order valence-corrected chi connectivity index (χ2v) is 8.15. The molecule has 3 heterocycles. The number of carbonyl (C=O) groups is 1. The summed E-state index contributed by atoms with van der Waals surface area (Å²) < 4.78 is 20.7. The number of halogens is 1. The fourth-order valence-electron chi connectivity index (χ4n) is 3.94. The normalized spacial score (nSPS) is 19.5. The Balaban J connectivity index is 1.91. The molecule has 0 fully saturated rings. The average molecular weight is 407 g/mol. The molecule has 4 rings (SSSR count). The van der Waals surface area contributed by atoms with E-state index in [4.69, 9.17) is 4.74 Å². The van der Waals surface area contributed by atoms with Crippen molar-refractivity contribution in [3.63, 3.8) is 0 Å². The number of nitrogens with zero attached hydrogens (tertiary/aromatic N) is 1. The molecule has 3 aromatic rings. The average Bonchev–Trinajstić information content (AvgIpc) is 2.69. The number of aromatic nitrogens is 2. The van der Waals surface area contributed by atoms with Crippen LogP contribution >= 0.6 is 0 Å². The third-order valence-electron chi connectivity index (χ3n) is 5.29. The highest BCUT2D eigenvalue weighted by atomic mass is 19.1. The van der Waals surface area contributed by atoms with Crippen molar-refractivity contribution in [1.82, 2.24) is 15.3 Å². The van der Waals surface area contributed by atoms with Gasteiger partial charge in [-0.15, -0.1) is 0 Å². The monoisotopic (exact) mass is 407 g/mol. The van der Waals surface area contributed by atoms with Gasteiger partial charge in [0, 0.05) is 24.9 Å². The molecule has 1 atom stereocenters. The van der Waals surface area contributed by atoms with Gasteiger partial charge in [-0.05, 0) is 56.2 Å². The van der Waals surface area contributed by atoms with Crippen molar-refractivity contribution < 1.29 is 13.9 Å². The number of hydrogen-bond acceptors (Lipinski definition) is 4. The molecule has 30 heavy (non-hydrogen) atoms. The van der Waals surface area contributed by atoms with E-state index >= 15 is 0 Å². The lowest BCUT2D eigenvalue weighted by Gasteiger charge is -2.45. The van der Waals surface area contributed by atoms with E-state index in [0.717, 1.165) is 0 Å². The quantitative estimate of drug-likeness (QED) is 0.697. The molecule has 0 unspecified atom stereocenters. The maximum absolute atomic E-state index is 14.6. The molecular formula is C23H22FN3O3. The van der Waals surface area contributed by atoms with Gasteiger partial charge in [0.25, 0.3) is 5.91 Å². The number of pyridine rings is 2. The van der Waals surface area contributed by atoms with Crippen LogP contribution in [0.2, 0.25) is 0 Å². The zero-order valence-electron chi connectivity index (χ0n) is 17.0. The number of hydrogen-bond donors (Lipinski definition) is 2. The number of rotatable bonds is 3. The van der Waals surface area contributed by atoms with Gasteiger partial charge in [-0.3, -0.25) is 14.6 Å². The van der Waals surface area contributed by atoms with Gasteiger partial charge in [0.1, 0.15) is 28.4 Å². The molecule has 6 nitrogen and oxygen atoms in total. The molecule has 7 heteroatoms. The van der Waals surface area contributed by atoms with Crippen LogP contribution in [-0.4, -0.2) is 21.5 Å². The van der Waals surface area contributed by atoms with Gasteiger partial charge >= 0.3 is 0 Å². The first-order chi connectivity index (χ1) is 14.2. The highest BCUT2D eigenvalue weighted by Gasteiger charge is 2.49. The Morgan fingerprint density at radius 2 is 2.03 bits per heavy atom. The van der Waals surface area contributed by atoms with Crippen LogP contribution in [0.5, 0.6) is 5.75 Å². The summed E-state index contributed by atoms with van der Waals surface area (Å²) in [5.41, 5.74) is -0.224. The maximum atomic E-state index is 14.6. The molecular weight excluding hydrogens is 385 g/mol. The summed E-state index contributed by atoms with van der Waals surface area (Å²) in [5, 5.41) is 3.07. The summed E-state index contributed by atoms with van der Waals surface area (Å²) in [7, 11) is 0. The Hall–Kier alpha value is -3.48. The first kappa shape index (κ1) is 19.8. The van der Waals surface area contributed by atoms with Gasteiger partial charge in [-0.25, -0.2) is 4.39 Å². The van der Waals surface area contributed by atoms with Crippen molar-refractivity contribution in [2.45, 2.75) is 38.3 Å². The van der Waals surface area contributed by atoms with E-state index in [1.807, 2.05) is 13.8 Å². The summed E-state index contributed by atoms with van der Waals surface area (Å²) in [4.78, 5) is 31.6. The smallest absolute Gasteiger partial charge is 0.253 e. The molecule has 0 spiro atoms. The second-order valence-electron chi connectivity index (χ2n) is 8.15. The Morgan fingerprint density at radius 3 is 2.73 bits per heavy atom. The van der Waals surface area contributed by atoms with Crippen LogP contribution in [-0.2, 0) is 5.54 Å². The van der Waals surface area contributed by atoms with Gasteiger partial charge in [-0.1, -0.05) is 12.1 Å². The molecule has 0 bridgehead atoms. The summed E-state index contributed by atoms with van der Waals surface area (Å²) in [6.45, 7) is 5.51. The lowest BCUT2D eigenvalue weighted by Crippen LogP contribution is -2.55. The van der Waals surface area contributed by atoms with Gasteiger partial charge < -0.3 is 15.0 Å². The molecule has 0 saturated carbocycles. The maximum Gasteiger partial charge on any atom is 0.253 e. The van der Waals surface area contributed by atoms with Crippen molar-refractivity contribution >= 4 is 5.91 Å². The van der Waals surface area contributed by atoms with Crippen molar-refractivity contribution in [2.24, 2.45) is 0 Å². The number of carbonyl (C=O) groups excluding carboxylic acids is 1. The van der Waals surface area contributed by atoms with Gasteiger partial charge in [0.15, 0.2) is 0 Å². The van der Waals surface area contributed by atoms with E-state index in [1.165, 1.54) is 24.4 Å². The van der Waals surface area contributed by atoms with Crippen LogP contribution in [0, 0.1) is 12.7 Å². The third-order valence-corrected chi connectivity index (χ3v) is 5.29. The zero-order valence-corrected chi connectivity index (χ0v) is 17.0. The van der Waals surface area contributed by atoms with Gasteiger partial charge in [0.05, 0.1) is 5.56 Å². The van der Waals surface area contributed by atoms with Crippen LogP contribution in [0.3, 0.4) is 0 Å². The van der Waals surface area contributed by atoms with Crippen LogP contribution in [0.4, 0.5) is 4.39 Å². The number of ether oxygens (including phenoxy) is 1. The van der Waals surface area contributed by atoms with E-state index in [9.17, 15) is 14.0 Å². The Labute approximate surface area is 173 Å². The minimum Gasteiger partial charge on any atom is -0.486 e. The standard InChI is InChI=1S/C23H22FN3O3/c1-14-6-8-16(11-17(14)24)23(27-21(29)15-7-9-19(28)26-12-15)13-22(2,3)30-18-5-4-10-25-20(18)23/h4-12H,13H2,1-3H3,(H,26,28)(H,27,29)/t23-/m0/s1. The first-order valence-electron chi connectivity index (χ1n) is 9.63. The molecule has 2 N–H and O–H groups in total. The number of benzene rings is 1. The van der Waals surface area contributed by atoms with Crippen molar-refractivity contribution in [3.05, 3.63) is 93.4 Å². The lowest BCUT2D eigenvalue weighted by atomic mass is 9.75. The third kappa shape index (κ3) is 3.47. The highest BCUT2D eigenvalue weighted by Crippen LogP contribution is 2.46. The number of aryl methyl sites for hydroxylation is 1. The van der Waals surface area contributed by atoms with Crippen LogP contribution in [0.15, 0.2) is 59.7 Å². The van der Waals surface area contributed by atoms with Gasteiger partial charge in [-0.2, -0.15) is 0 Å². The molecule has 1 aliphatic heterocycles. The largest absolute Gasteiger partial charge is 0.486 e. The van der Waals surface area contributed by atoms with Crippen molar-refractivity contribution in [1.29, 1.82) is 0 Å². The minimum absolute atomic E-state index is 0.281. The fourth-order valence-corrected chi connectivity index (χ4v) is 3.94. The summed E-state index contributed by atoms with van der Waals surface area (Å²) >= 11 is 0. The van der Waals surface area contributed by atoms with E-state index < -0.39 is 17.0 Å². The Bertz CT molecular complexity index is 1170. The highest BCUT2D eigenvalue weighted by molar-refractivity contribution is 5.94. The molecule has 1 aliphatic rings. The molecule has 1 amide bonds. The van der Waals surface area contributed by atoms with Crippen LogP contribution in [0.25, 0.3) is 0 Å². The molecule has 0 radical (unpaired) electrons. The Morgan fingerprint density at radius 1 is 1.23 bits per heavy atom. The van der Waals surface area contributed by atoms with E-state index in [2.05, 4.69) is 15.3 Å². The fraction of sp³-hybridized carbons (Fsp3) is 0.261. The zero-order chi connectivity index (χ0) is 21.5. The van der Waals surface area contributed by atoms with Crippen molar-refractivity contribution in [3.8, 4) is 5.75 Å². The van der Waals surface area contributed by atoms with Crippen molar-refractivity contribution in [2.75, 3.05) is 0 Å². The SMILES string of the molecule is Cc1ccc([C@@]2(NC(=O)c3ccc(=O)[nH]c3)CC(C)(C)Oc3cccnc32)cc1F. The van der Waals surface area contributed by atoms with E-state index in [-0.39, 0.29) is 16.9 Å². The molecule has 154 valence electrons. The van der Waals surface area contributed by atoms with Gasteiger partial charge in [0.2, 0.25) is 5.56 Å². The molecule has 0 aliphatic carbocycles. The van der Waals surface area contributed by atoms with Crippen LogP contribution < -0.4 is 15.6 Å². The number of H-pyrrole nitrogens is 1. The summed E-state index contributed by atoms with van der Waals surface area (Å²) in [5.74, 6) is -0.259.